The van der Waals surface area contributed by atoms with Crippen molar-refractivity contribution in [3.05, 3.63) is 24.3 Å². The lowest BCUT2D eigenvalue weighted by Crippen LogP contribution is -2.57. The van der Waals surface area contributed by atoms with Crippen LogP contribution in [0.15, 0.2) is 29.2 Å². The second kappa shape index (κ2) is 6.07. The minimum atomic E-state index is -3.61. The molecule has 0 unspecified atom stereocenters. The summed E-state index contributed by atoms with van der Waals surface area (Å²) < 4.78 is 32.6. The van der Waals surface area contributed by atoms with Crippen LogP contribution in [0.25, 0.3) is 0 Å². The van der Waals surface area contributed by atoms with Gasteiger partial charge >= 0.3 is 0 Å². The molecule has 1 heterocycles. The molecule has 0 aromatic heterocycles. The monoisotopic (exact) mass is 339 g/mol. The Bertz CT molecular complexity index is 671. The fourth-order valence-corrected chi connectivity index (χ4v) is 5.49. The number of benzene rings is 1. The zero-order valence-corrected chi connectivity index (χ0v) is 14.6. The third-order valence-corrected chi connectivity index (χ3v) is 7.50. The van der Waals surface area contributed by atoms with Gasteiger partial charge in [-0.05, 0) is 43.2 Å². The summed E-state index contributed by atoms with van der Waals surface area (Å²) in [5.41, 5.74) is -0.717. The van der Waals surface area contributed by atoms with Crippen LogP contribution in [0.2, 0.25) is 0 Å². The van der Waals surface area contributed by atoms with Gasteiger partial charge in [-0.25, -0.2) is 8.42 Å². The Morgan fingerprint density at radius 2 is 2.00 bits per heavy atom. The fraction of sp³-hybridized carbons (Fsp3) is 0.647. The topological polar surface area (TPSA) is 66.8 Å². The number of sulfonamides is 1. The second-order valence-electron chi connectivity index (χ2n) is 6.78. The third kappa shape index (κ3) is 2.77. The highest BCUT2D eigenvalue weighted by Crippen LogP contribution is 2.45. The number of ether oxygens (including phenoxy) is 1. The molecule has 5 nitrogen and oxygen atoms in total. The first-order valence-electron chi connectivity index (χ1n) is 8.25. The first-order valence-corrected chi connectivity index (χ1v) is 9.69. The fourth-order valence-electron chi connectivity index (χ4n) is 3.81. The Kier molecular flexibility index (Phi) is 4.42. The van der Waals surface area contributed by atoms with Crippen LogP contribution in [-0.2, 0) is 10.0 Å². The molecule has 1 saturated heterocycles. The summed E-state index contributed by atoms with van der Waals surface area (Å²) in [5.74, 6) is 0.625. The van der Waals surface area contributed by atoms with Gasteiger partial charge < -0.3 is 9.84 Å². The van der Waals surface area contributed by atoms with Crippen LogP contribution in [0.3, 0.4) is 0 Å². The summed E-state index contributed by atoms with van der Waals surface area (Å²) in [5, 5.41) is 11.0. The summed E-state index contributed by atoms with van der Waals surface area (Å²) in [4.78, 5) is 0.198. The molecule has 3 rings (SSSR count). The molecule has 1 aliphatic carbocycles. The molecule has 1 aromatic carbocycles. The van der Waals surface area contributed by atoms with Gasteiger partial charge in [-0.15, -0.1) is 0 Å². The van der Waals surface area contributed by atoms with Crippen LogP contribution >= 0.6 is 0 Å². The maximum atomic E-state index is 12.9. The highest BCUT2D eigenvalue weighted by molar-refractivity contribution is 7.89. The average molecular weight is 339 g/mol. The highest BCUT2D eigenvalue weighted by Gasteiger charge is 2.48. The summed E-state index contributed by atoms with van der Waals surface area (Å²) in [7, 11) is -2.13. The molecule has 2 fully saturated rings. The molecule has 1 saturated carbocycles. The zero-order chi connectivity index (χ0) is 16.7. The maximum Gasteiger partial charge on any atom is 0.246 e. The lowest BCUT2D eigenvalue weighted by Gasteiger charge is -2.50. The van der Waals surface area contributed by atoms with Crippen molar-refractivity contribution in [2.45, 2.75) is 43.1 Å². The van der Waals surface area contributed by atoms with Crippen LogP contribution in [-0.4, -0.2) is 43.6 Å². The van der Waals surface area contributed by atoms with Crippen molar-refractivity contribution in [2.24, 2.45) is 11.8 Å². The minimum absolute atomic E-state index is 0.0639. The number of hydrogen-bond donors (Lipinski definition) is 1. The molecule has 0 spiro atoms. The average Bonchev–Trinajstić information content (AvgIpc) is 2.48. The van der Waals surface area contributed by atoms with Gasteiger partial charge in [-0.1, -0.05) is 25.5 Å². The van der Waals surface area contributed by atoms with E-state index in [1.807, 2.05) is 6.92 Å². The number of para-hydroxylation sites is 1. The Hall–Kier alpha value is -1.11. The van der Waals surface area contributed by atoms with E-state index in [2.05, 4.69) is 0 Å². The normalized spacial score (nSPS) is 30.0. The van der Waals surface area contributed by atoms with Crippen LogP contribution in [0.5, 0.6) is 5.75 Å². The van der Waals surface area contributed by atoms with E-state index >= 15 is 0 Å². The Morgan fingerprint density at radius 1 is 1.30 bits per heavy atom. The SMILES string of the molecule is COc1ccccc1S(=O)(=O)N1CC[C@@](O)(C2CCC2)[C@H](C)C1. The van der Waals surface area contributed by atoms with E-state index in [-0.39, 0.29) is 10.8 Å². The molecule has 0 amide bonds. The highest BCUT2D eigenvalue weighted by atomic mass is 32.2. The van der Waals surface area contributed by atoms with E-state index in [0.717, 1.165) is 12.8 Å². The predicted molar refractivity (Wildman–Crippen MR) is 87.8 cm³/mol. The summed E-state index contributed by atoms with van der Waals surface area (Å²) in [6, 6.07) is 6.69. The first-order chi connectivity index (χ1) is 10.9. The summed E-state index contributed by atoms with van der Waals surface area (Å²) in [6.07, 6.45) is 3.79. The molecule has 1 aromatic rings. The molecular formula is C17H25NO4S. The van der Waals surface area contributed by atoms with Gasteiger partial charge in [-0.3, -0.25) is 0 Å². The van der Waals surface area contributed by atoms with E-state index in [4.69, 9.17) is 4.74 Å². The lowest BCUT2D eigenvalue weighted by molar-refractivity contribution is -0.117. The van der Waals surface area contributed by atoms with Gasteiger partial charge in [0.15, 0.2) is 0 Å². The summed E-state index contributed by atoms with van der Waals surface area (Å²) >= 11 is 0. The molecule has 128 valence electrons. The molecule has 6 heteroatoms. The van der Waals surface area contributed by atoms with Crippen LogP contribution in [0, 0.1) is 11.8 Å². The van der Waals surface area contributed by atoms with Gasteiger partial charge in [0.1, 0.15) is 10.6 Å². The number of nitrogens with zero attached hydrogens (tertiary/aromatic N) is 1. The first kappa shape index (κ1) is 16.7. The van der Waals surface area contributed by atoms with Crippen molar-refractivity contribution in [3.63, 3.8) is 0 Å². The van der Waals surface area contributed by atoms with Crippen LogP contribution in [0.1, 0.15) is 32.6 Å². The van der Waals surface area contributed by atoms with E-state index in [1.54, 1.807) is 24.3 Å². The number of rotatable bonds is 4. The molecule has 23 heavy (non-hydrogen) atoms. The van der Waals surface area contributed by atoms with Crippen molar-refractivity contribution in [1.29, 1.82) is 0 Å². The van der Waals surface area contributed by atoms with Gasteiger partial charge in [0.05, 0.1) is 12.7 Å². The van der Waals surface area contributed by atoms with Crippen molar-refractivity contribution in [3.8, 4) is 5.75 Å². The molecule has 2 atom stereocenters. The van der Waals surface area contributed by atoms with Crippen molar-refractivity contribution >= 4 is 10.0 Å². The lowest BCUT2D eigenvalue weighted by atomic mass is 9.65. The summed E-state index contributed by atoms with van der Waals surface area (Å²) in [6.45, 7) is 2.67. The van der Waals surface area contributed by atoms with E-state index in [9.17, 15) is 13.5 Å². The van der Waals surface area contributed by atoms with Crippen LogP contribution < -0.4 is 4.74 Å². The molecule has 1 aliphatic heterocycles. The van der Waals surface area contributed by atoms with Crippen molar-refractivity contribution in [2.75, 3.05) is 20.2 Å². The largest absolute Gasteiger partial charge is 0.495 e. The number of hydrogen-bond acceptors (Lipinski definition) is 4. The molecule has 0 radical (unpaired) electrons. The minimum Gasteiger partial charge on any atom is -0.495 e. The van der Waals surface area contributed by atoms with Gasteiger partial charge in [0, 0.05) is 13.1 Å². The quantitative estimate of drug-likeness (QED) is 0.914. The van der Waals surface area contributed by atoms with Gasteiger partial charge in [0.25, 0.3) is 0 Å². The molecule has 0 bridgehead atoms. The van der Waals surface area contributed by atoms with Gasteiger partial charge in [0.2, 0.25) is 10.0 Å². The Morgan fingerprint density at radius 3 is 2.57 bits per heavy atom. The molecule has 2 aliphatic rings. The smallest absolute Gasteiger partial charge is 0.246 e. The van der Waals surface area contributed by atoms with E-state index in [1.165, 1.54) is 17.8 Å². The zero-order valence-electron chi connectivity index (χ0n) is 13.7. The number of methoxy groups -OCH3 is 1. The van der Waals surface area contributed by atoms with Crippen LogP contribution in [0.4, 0.5) is 0 Å². The van der Waals surface area contributed by atoms with E-state index in [0.29, 0.717) is 31.2 Å². The Balaban J connectivity index is 1.83. The third-order valence-electron chi connectivity index (χ3n) is 5.59. The van der Waals surface area contributed by atoms with Gasteiger partial charge in [-0.2, -0.15) is 4.31 Å². The molecule has 1 N–H and O–H groups in total. The van der Waals surface area contributed by atoms with Crippen molar-refractivity contribution in [1.82, 2.24) is 4.31 Å². The number of piperidine rings is 1. The standard InChI is InChI=1S/C17H25NO4S/c1-13-12-18(11-10-17(13,19)14-6-5-7-14)23(20,21)16-9-4-3-8-15(16)22-2/h3-4,8-9,13-14,19H,5-7,10-12H2,1-2H3/t13-,17+/m1/s1. The number of aliphatic hydroxyl groups is 1. The Labute approximate surface area is 138 Å². The molecular weight excluding hydrogens is 314 g/mol. The second-order valence-corrected chi connectivity index (χ2v) is 8.69. The maximum absolute atomic E-state index is 12.9. The van der Waals surface area contributed by atoms with Crippen molar-refractivity contribution < 1.29 is 18.3 Å². The van der Waals surface area contributed by atoms with E-state index < -0.39 is 15.6 Å². The predicted octanol–water partition coefficient (Wildman–Crippen LogP) is 2.26.